The number of rotatable bonds is 5. The number of nitrogens with one attached hydrogen (secondary N) is 1. The van der Waals surface area contributed by atoms with Crippen LogP contribution in [0.5, 0.6) is 5.75 Å². The number of aromatic nitrogens is 2. The predicted molar refractivity (Wildman–Crippen MR) is 143 cm³/mol. The summed E-state index contributed by atoms with van der Waals surface area (Å²) in [4.78, 5) is 20.8. The van der Waals surface area contributed by atoms with Gasteiger partial charge in [0, 0.05) is 41.3 Å². The lowest BCUT2D eigenvalue weighted by Crippen LogP contribution is -2.43. The van der Waals surface area contributed by atoms with Crippen LogP contribution in [-0.4, -0.2) is 40.1 Å². The molecule has 0 spiro atoms. The normalized spacial score (nSPS) is 12.6. The van der Waals surface area contributed by atoms with E-state index in [1.807, 2.05) is 24.1 Å². The van der Waals surface area contributed by atoms with Crippen LogP contribution in [0.15, 0.2) is 60.2 Å². The maximum absolute atomic E-state index is 13.6. The number of hydrogen-bond donors (Lipinski definition) is 1. The number of benzene rings is 1. The first-order valence-corrected chi connectivity index (χ1v) is 12.6. The van der Waals surface area contributed by atoms with Gasteiger partial charge in [0.15, 0.2) is 0 Å². The van der Waals surface area contributed by atoms with Crippen LogP contribution in [0.1, 0.15) is 36.8 Å². The van der Waals surface area contributed by atoms with Gasteiger partial charge in [-0.15, -0.1) is 11.3 Å². The molecule has 35 heavy (non-hydrogen) atoms. The first-order chi connectivity index (χ1) is 16.8. The van der Waals surface area contributed by atoms with E-state index in [9.17, 15) is 4.79 Å². The molecule has 4 heterocycles. The number of thiophene rings is 1. The van der Waals surface area contributed by atoms with Gasteiger partial charge in [0.25, 0.3) is 5.91 Å². The highest BCUT2D eigenvalue weighted by atomic mass is 32.1. The molecule has 0 radical (unpaired) electrons. The maximum atomic E-state index is 13.6. The minimum absolute atomic E-state index is 0.0345. The van der Waals surface area contributed by atoms with Crippen LogP contribution < -0.4 is 10.1 Å². The zero-order chi connectivity index (χ0) is 24.7. The monoisotopic (exact) mass is 486 g/mol. The van der Waals surface area contributed by atoms with E-state index in [2.05, 4.69) is 71.4 Å². The third-order valence-corrected chi connectivity index (χ3v) is 7.54. The number of methoxy groups -OCH3 is 1. The lowest BCUT2D eigenvalue weighted by atomic mass is 9.94. The summed E-state index contributed by atoms with van der Waals surface area (Å²) in [5.74, 6) is 0.821. The van der Waals surface area contributed by atoms with Crippen molar-refractivity contribution in [3.8, 4) is 27.4 Å². The summed E-state index contributed by atoms with van der Waals surface area (Å²) in [6.07, 6.45) is 4.37. The SMILES string of the molecule is COc1cc2c(cc1Nc1cccnc1)-c1c(-c3cccs3)cc(C(=O)N(C)C(C)(C)C)n1CC2. The summed E-state index contributed by atoms with van der Waals surface area (Å²) in [7, 11) is 3.57. The first kappa shape index (κ1) is 23.2. The Balaban J connectivity index is 1.69. The number of pyridine rings is 1. The average molecular weight is 487 g/mol. The van der Waals surface area contributed by atoms with E-state index >= 15 is 0 Å². The molecule has 5 rings (SSSR count). The Kier molecular flexibility index (Phi) is 5.89. The molecule has 1 N–H and O–H groups in total. The summed E-state index contributed by atoms with van der Waals surface area (Å²) in [5.41, 5.74) is 6.70. The molecule has 0 saturated heterocycles. The molecule has 0 bridgehead atoms. The van der Waals surface area contributed by atoms with Crippen molar-refractivity contribution in [2.75, 3.05) is 19.5 Å². The largest absolute Gasteiger partial charge is 0.495 e. The number of carbonyl (C=O) groups is 1. The summed E-state index contributed by atoms with van der Waals surface area (Å²) in [6.45, 7) is 6.92. The van der Waals surface area contributed by atoms with Crippen molar-refractivity contribution in [2.24, 2.45) is 0 Å². The van der Waals surface area contributed by atoms with Crippen LogP contribution >= 0.6 is 11.3 Å². The molecular formula is C28H30N4O2S. The second kappa shape index (κ2) is 8.89. The molecule has 7 heteroatoms. The van der Waals surface area contributed by atoms with Crippen molar-refractivity contribution in [1.29, 1.82) is 0 Å². The number of aryl methyl sites for hydroxylation is 1. The number of hydrogen-bond acceptors (Lipinski definition) is 5. The van der Waals surface area contributed by atoms with Gasteiger partial charge in [0.1, 0.15) is 11.4 Å². The molecule has 1 aliphatic rings. The van der Waals surface area contributed by atoms with Crippen molar-refractivity contribution in [3.63, 3.8) is 0 Å². The zero-order valence-corrected chi connectivity index (χ0v) is 21.6. The van der Waals surface area contributed by atoms with E-state index in [4.69, 9.17) is 4.74 Å². The minimum atomic E-state index is -0.272. The Hall–Kier alpha value is -3.58. The Morgan fingerprint density at radius 2 is 2.00 bits per heavy atom. The zero-order valence-electron chi connectivity index (χ0n) is 20.8. The lowest BCUT2D eigenvalue weighted by molar-refractivity contribution is 0.0644. The Bertz CT molecular complexity index is 1370. The molecule has 0 unspecified atom stereocenters. The van der Waals surface area contributed by atoms with Crippen LogP contribution in [0.3, 0.4) is 0 Å². The smallest absolute Gasteiger partial charge is 0.270 e. The topological polar surface area (TPSA) is 59.4 Å². The molecule has 0 atom stereocenters. The van der Waals surface area contributed by atoms with Gasteiger partial charge in [-0.05, 0) is 74.5 Å². The molecule has 3 aromatic heterocycles. The fourth-order valence-electron chi connectivity index (χ4n) is 4.49. The fraction of sp³-hybridized carbons (Fsp3) is 0.286. The molecule has 0 saturated carbocycles. The van der Waals surface area contributed by atoms with Crippen LogP contribution in [0.4, 0.5) is 11.4 Å². The highest BCUT2D eigenvalue weighted by molar-refractivity contribution is 7.13. The van der Waals surface area contributed by atoms with Gasteiger partial charge in [-0.25, -0.2) is 0 Å². The van der Waals surface area contributed by atoms with Crippen molar-refractivity contribution < 1.29 is 9.53 Å². The number of anilines is 2. The summed E-state index contributed by atoms with van der Waals surface area (Å²) in [6, 6.07) is 14.4. The predicted octanol–water partition coefficient (Wildman–Crippen LogP) is 6.46. The minimum Gasteiger partial charge on any atom is -0.495 e. The molecule has 1 aromatic carbocycles. The highest BCUT2D eigenvalue weighted by Gasteiger charge is 2.31. The van der Waals surface area contributed by atoms with Crippen LogP contribution in [0.2, 0.25) is 0 Å². The van der Waals surface area contributed by atoms with Crippen LogP contribution in [-0.2, 0) is 13.0 Å². The summed E-state index contributed by atoms with van der Waals surface area (Å²) < 4.78 is 7.93. The van der Waals surface area contributed by atoms with Gasteiger partial charge < -0.3 is 19.5 Å². The van der Waals surface area contributed by atoms with Gasteiger partial charge in [0.05, 0.1) is 30.4 Å². The third-order valence-electron chi connectivity index (χ3n) is 6.64. The Morgan fingerprint density at radius 3 is 2.66 bits per heavy atom. The van der Waals surface area contributed by atoms with E-state index in [1.165, 1.54) is 5.56 Å². The second-order valence-corrected chi connectivity index (χ2v) is 10.7. The van der Waals surface area contributed by atoms with Crippen molar-refractivity contribution in [1.82, 2.24) is 14.5 Å². The number of fused-ring (bicyclic) bond motifs is 3. The highest BCUT2D eigenvalue weighted by Crippen LogP contribution is 2.45. The first-order valence-electron chi connectivity index (χ1n) is 11.7. The number of nitrogens with zero attached hydrogens (tertiary/aromatic N) is 3. The lowest BCUT2D eigenvalue weighted by Gasteiger charge is -2.33. The van der Waals surface area contributed by atoms with E-state index in [0.717, 1.165) is 57.5 Å². The van der Waals surface area contributed by atoms with Gasteiger partial charge >= 0.3 is 0 Å². The molecular weight excluding hydrogens is 456 g/mol. The van der Waals surface area contributed by atoms with E-state index in [0.29, 0.717) is 0 Å². The van der Waals surface area contributed by atoms with E-state index in [1.54, 1.807) is 30.8 Å². The van der Waals surface area contributed by atoms with Gasteiger partial charge in [-0.3, -0.25) is 9.78 Å². The Morgan fingerprint density at radius 1 is 1.17 bits per heavy atom. The molecule has 6 nitrogen and oxygen atoms in total. The number of ether oxygens (including phenoxy) is 1. The fourth-order valence-corrected chi connectivity index (χ4v) is 5.23. The molecule has 0 fully saturated rings. The van der Waals surface area contributed by atoms with E-state index < -0.39 is 0 Å². The van der Waals surface area contributed by atoms with Crippen molar-refractivity contribution in [2.45, 2.75) is 39.3 Å². The Labute approximate surface area is 210 Å². The van der Waals surface area contributed by atoms with Crippen molar-refractivity contribution in [3.05, 3.63) is 71.5 Å². The van der Waals surface area contributed by atoms with Gasteiger partial charge in [0.2, 0.25) is 0 Å². The number of amides is 1. The van der Waals surface area contributed by atoms with Crippen LogP contribution in [0, 0.1) is 0 Å². The second-order valence-electron chi connectivity index (χ2n) is 9.78. The van der Waals surface area contributed by atoms with Crippen LogP contribution in [0.25, 0.3) is 21.7 Å². The summed E-state index contributed by atoms with van der Waals surface area (Å²) >= 11 is 1.69. The molecule has 180 valence electrons. The standard InChI is InChI=1S/C28H30N4O2S/c1-28(2,3)31(4)27(33)23-16-21(25-9-7-13-35-25)26-20-15-22(30-19-8-6-11-29-17-19)24(34-5)14-18(20)10-12-32(23)26/h6-9,11,13-17,30H,10,12H2,1-5H3. The number of carbonyl (C=O) groups excluding carboxylic acids is 1. The average Bonchev–Trinajstić information content (AvgIpc) is 3.51. The molecule has 1 amide bonds. The van der Waals surface area contributed by atoms with Crippen molar-refractivity contribution >= 4 is 28.6 Å². The summed E-state index contributed by atoms with van der Waals surface area (Å²) in [5, 5.41) is 5.54. The molecule has 1 aliphatic heterocycles. The maximum Gasteiger partial charge on any atom is 0.270 e. The van der Waals surface area contributed by atoms with Gasteiger partial charge in [-0.2, -0.15) is 0 Å². The van der Waals surface area contributed by atoms with E-state index in [-0.39, 0.29) is 11.4 Å². The van der Waals surface area contributed by atoms with Gasteiger partial charge in [-0.1, -0.05) is 6.07 Å². The quantitative estimate of drug-likeness (QED) is 0.352. The molecule has 4 aromatic rings. The third kappa shape index (κ3) is 4.21. The molecule has 0 aliphatic carbocycles.